The third kappa shape index (κ3) is 4.60. The molecule has 0 unspecified atom stereocenters. The zero-order valence-corrected chi connectivity index (χ0v) is 20.3. The zero-order chi connectivity index (χ0) is 24.5. The summed E-state index contributed by atoms with van der Waals surface area (Å²) in [5.41, 5.74) is 3.14. The highest BCUT2D eigenvalue weighted by atomic mass is 19.1. The van der Waals surface area contributed by atoms with E-state index >= 15 is 0 Å². The molecule has 0 saturated carbocycles. The number of piperazine rings is 1. The van der Waals surface area contributed by atoms with E-state index < -0.39 is 0 Å². The molecule has 1 aliphatic heterocycles. The van der Waals surface area contributed by atoms with Crippen molar-refractivity contribution in [2.24, 2.45) is 5.92 Å². The number of hydrogen-bond acceptors (Lipinski definition) is 5. The first-order valence-electron chi connectivity index (χ1n) is 12.0. The van der Waals surface area contributed by atoms with Gasteiger partial charge in [-0.1, -0.05) is 32.0 Å². The molecule has 1 fully saturated rings. The van der Waals surface area contributed by atoms with Gasteiger partial charge in [-0.25, -0.2) is 19.0 Å². The van der Waals surface area contributed by atoms with Gasteiger partial charge in [0.15, 0.2) is 5.65 Å². The van der Waals surface area contributed by atoms with Crippen LogP contribution in [0.1, 0.15) is 35.7 Å². The number of anilines is 1. The highest BCUT2D eigenvalue weighted by Crippen LogP contribution is 2.30. The van der Waals surface area contributed by atoms with Crippen molar-refractivity contribution in [2.45, 2.75) is 27.2 Å². The van der Waals surface area contributed by atoms with E-state index in [-0.39, 0.29) is 11.7 Å². The van der Waals surface area contributed by atoms with E-state index in [1.165, 1.54) is 24.3 Å². The molecule has 0 radical (unpaired) electrons. The third-order valence-corrected chi connectivity index (χ3v) is 6.28. The molecule has 2 aromatic heterocycles. The summed E-state index contributed by atoms with van der Waals surface area (Å²) < 4.78 is 15.2. The molecule has 1 aliphatic rings. The fourth-order valence-corrected chi connectivity index (χ4v) is 4.54. The van der Waals surface area contributed by atoms with Gasteiger partial charge in [-0.3, -0.25) is 4.79 Å². The van der Waals surface area contributed by atoms with Gasteiger partial charge in [0.05, 0.1) is 16.8 Å². The molecule has 0 bridgehead atoms. The predicted molar refractivity (Wildman–Crippen MR) is 134 cm³/mol. The van der Waals surface area contributed by atoms with Crippen molar-refractivity contribution in [3.63, 3.8) is 0 Å². The lowest BCUT2D eigenvalue weighted by molar-refractivity contribution is 0.0746. The minimum absolute atomic E-state index is 0.0777. The number of aryl methyl sites for hydroxylation is 1. The highest BCUT2D eigenvalue weighted by molar-refractivity contribution is 5.95. The quantitative estimate of drug-likeness (QED) is 0.430. The van der Waals surface area contributed by atoms with Crippen LogP contribution in [0.5, 0.6) is 0 Å². The second kappa shape index (κ2) is 9.44. The van der Waals surface area contributed by atoms with Crippen LogP contribution < -0.4 is 4.90 Å². The average molecular weight is 473 g/mol. The molecular weight excluding hydrogens is 443 g/mol. The molecule has 8 heteroatoms. The molecule has 4 aromatic rings. The molecule has 180 valence electrons. The summed E-state index contributed by atoms with van der Waals surface area (Å²) in [6.07, 6.45) is 0.769. The third-order valence-electron chi connectivity index (χ3n) is 6.28. The van der Waals surface area contributed by atoms with Crippen LogP contribution in [0.25, 0.3) is 16.7 Å². The lowest BCUT2D eigenvalue weighted by Gasteiger charge is -2.36. The number of carbonyl (C=O) groups excluding carboxylic acids is 1. The Labute approximate surface area is 204 Å². The van der Waals surface area contributed by atoms with Crippen LogP contribution in [0.4, 0.5) is 10.2 Å². The average Bonchev–Trinajstić information content (AvgIpc) is 3.20. The number of carbonyl (C=O) groups is 1. The molecule has 1 amide bonds. The summed E-state index contributed by atoms with van der Waals surface area (Å²) >= 11 is 0. The summed E-state index contributed by atoms with van der Waals surface area (Å²) in [5, 5.41) is 5.76. The van der Waals surface area contributed by atoms with Crippen molar-refractivity contribution in [1.82, 2.24) is 24.6 Å². The van der Waals surface area contributed by atoms with Crippen LogP contribution in [-0.4, -0.2) is 56.7 Å². The van der Waals surface area contributed by atoms with Crippen molar-refractivity contribution < 1.29 is 9.18 Å². The second-order valence-corrected chi connectivity index (χ2v) is 9.38. The van der Waals surface area contributed by atoms with E-state index in [2.05, 4.69) is 18.7 Å². The van der Waals surface area contributed by atoms with E-state index in [1.807, 2.05) is 46.8 Å². The first kappa shape index (κ1) is 23.0. The zero-order valence-electron chi connectivity index (χ0n) is 20.3. The molecular formula is C27H29FN6O. The molecule has 2 aromatic carbocycles. The Morgan fingerprint density at radius 3 is 2.31 bits per heavy atom. The largest absolute Gasteiger partial charge is 0.352 e. The van der Waals surface area contributed by atoms with Crippen LogP contribution in [0.2, 0.25) is 0 Å². The SMILES string of the molecule is Cc1nn(-c2ccccc2)c2nc(CC(C)C)nc(N3CCN(C(=O)c4ccc(F)cc4)CC3)c12. The van der Waals surface area contributed by atoms with Crippen LogP contribution in [-0.2, 0) is 6.42 Å². The Morgan fingerprint density at radius 2 is 1.66 bits per heavy atom. The number of halogens is 1. The lowest BCUT2D eigenvalue weighted by Crippen LogP contribution is -2.49. The Kier molecular flexibility index (Phi) is 6.19. The Balaban J connectivity index is 1.47. The fourth-order valence-electron chi connectivity index (χ4n) is 4.54. The number of rotatable bonds is 5. The first-order chi connectivity index (χ1) is 16.9. The number of fused-ring (bicyclic) bond motifs is 1. The molecule has 0 atom stereocenters. The maximum atomic E-state index is 13.3. The van der Waals surface area contributed by atoms with Crippen LogP contribution in [0, 0.1) is 18.7 Å². The van der Waals surface area contributed by atoms with Crippen LogP contribution in [0.3, 0.4) is 0 Å². The maximum absolute atomic E-state index is 13.3. The van der Waals surface area contributed by atoms with Crippen molar-refractivity contribution in [1.29, 1.82) is 0 Å². The monoisotopic (exact) mass is 472 g/mol. The molecule has 0 aliphatic carbocycles. The molecule has 5 rings (SSSR count). The topological polar surface area (TPSA) is 67.2 Å². The van der Waals surface area contributed by atoms with Gasteiger partial charge in [0, 0.05) is 38.2 Å². The van der Waals surface area contributed by atoms with Gasteiger partial charge in [0.25, 0.3) is 5.91 Å². The van der Waals surface area contributed by atoms with Gasteiger partial charge in [-0.15, -0.1) is 0 Å². The van der Waals surface area contributed by atoms with Gasteiger partial charge in [-0.2, -0.15) is 5.10 Å². The second-order valence-electron chi connectivity index (χ2n) is 9.38. The van der Waals surface area contributed by atoms with E-state index in [9.17, 15) is 9.18 Å². The minimum atomic E-state index is -0.345. The van der Waals surface area contributed by atoms with Gasteiger partial charge < -0.3 is 9.80 Å². The van der Waals surface area contributed by atoms with Gasteiger partial charge in [0.2, 0.25) is 0 Å². The maximum Gasteiger partial charge on any atom is 0.253 e. The summed E-state index contributed by atoms with van der Waals surface area (Å²) in [5.74, 6) is 1.66. The Morgan fingerprint density at radius 1 is 0.971 bits per heavy atom. The number of benzene rings is 2. The number of nitrogens with zero attached hydrogens (tertiary/aromatic N) is 6. The first-order valence-corrected chi connectivity index (χ1v) is 12.0. The number of hydrogen-bond donors (Lipinski definition) is 0. The highest BCUT2D eigenvalue weighted by Gasteiger charge is 2.27. The Hall–Kier alpha value is -3.81. The van der Waals surface area contributed by atoms with Crippen LogP contribution >= 0.6 is 0 Å². The molecule has 35 heavy (non-hydrogen) atoms. The summed E-state index contributed by atoms with van der Waals surface area (Å²) in [7, 11) is 0. The molecule has 0 N–H and O–H groups in total. The number of para-hydroxylation sites is 1. The number of amides is 1. The van der Waals surface area contributed by atoms with E-state index in [1.54, 1.807) is 0 Å². The molecule has 1 saturated heterocycles. The van der Waals surface area contributed by atoms with E-state index in [0.717, 1.165) is 40.5 Å². The minimum Gasteiger partial charge on any atom is -0.352 e. The van der Waals surface area contributed by atoms with Crippen molar-refractivity contribution in [3.05, 3.63) is 77.5 Å². The Bertz CT molecular complexity index is 1340. The van der Waals surface area contributed by atoms with Crippen LogP contribution in [0.15, 0.2) is 54.6 Å². The molecule has 0 spiro atoms. The normalized spacial score (nSPS) is 14.2. The smallest absolute Gasteiger partial charge is 0.253 e. The predicted octanol–water partition coefficient (Wildman–Crippen LogP) is 4.42. The summed E-state index contributed by atoms with van der Waals surface area (Å²) in [6.45, 7) is 8.73. The van der Waals surface area contributed by atoms with Gasteiger partial charge in [-0.05, 0) is 49.2 Å². The van der Waals surface area contributed by atoms with E-state index in [4.69, 9.17) is 15.1 Å². The van der Waals surface area contributed by atoms with Gasteiger partial charge in [0.1, 0.15) is 17.5 Å². The van der Waals surface area contributed by atoms with Gasteiger partial charge >= 0.3 is 0 Å². The summed E-state index contributed by atoms with van der Waals surface area (Å²) in [4.78, 5) is 26.9. The standard InChI is InChI=1S/C27H29FN6O/c1-18(2)17-23-29-25(24-19(3)31-34(26(24)30-23)22-7-5-4-6-8-22)32-13-15-33(16-14-32)27(35)20-9-11-21(28)12-10-20/h4-12,18H,13-17H2,1-3H3. The number of aromatic nitrogens is 4. The van der Waals surface area contributed by atoms with Crippen molar-refractivity contribution in [3.8, 4) is 5.69 Å². The molecule has 7 nitrogen and oxygen atoms in total. The van der Waals surface area contributed by atoms with E-state index in [0.29, 0.717) is 37.7 Å². The van der Waals surface area contributed by atoms with Crippen molar-refractivity contribution >= 4 is 22.8 Å². The lowest BCUT2D eigenvalue weighted by atomic mass is 10.1. The summed E-state index contributed by atoms with van der Waals surface area (Å²) in [6, 6.07) is 15.7. The molecule has 3 heterocycles. The van der Waals surface area contributed by atoms with Crippen molar-refractivity contribution in [2.75, 3.05) is 31.1 Å². The fraction of sp³-hybridized carbons (Fsp3) is 0.333.